The first kappa shape index (κ1) is 12.8. The number of nitrogen functional groups attached to an aromatic ring is 1. The molecule has 0 saturated carbocycles. The first-order chi connectivity index (χ1) is 10.6. The van der Waals surface area contributed by atoms with Crippen molar-refractivity contribution in [3.05, 3.63) is 59.0 Å². The molecule has 5 rings (SSSR count). The molecule has 3 aromatic rings. The molecule has 1 aliphatic carbocycles. The summed E-state index contributed by atoms with van der Waals surface area (Å²) in [4.78, 5) is 2.90. The van der Waals surface area contributed by atoms with Gasteiger partial charge in [-0.3, -0.25) is 0 Å². The molecule has 2 N–H and O–H groups in total. The van der Waals surface area contributed by atoms with Crippen LogP contribution in [0.4, 0.5) is 5.69 Å². The zero-order valence-corrected chi connectivity index (χ0v) is 13.9. The first-order valence-electron chi connectivity index (χ1n) is 7.47. The quantitative estimate of drug-likeness (QED) is 0.526. The minimum atomic E-state index is 0.165. The second-order valence-electron chi connectivity index (χ2n) is 6.30. The third-order valence-electron chi connectivity index (χ3n) is 4.87. The summed E-state index contributed by atoms with van der Waals surface area (Å²) >= 11 is 3.79. The highest BCUT2D eigenvalue weighted by Gasteiger charge is 2.40. The van der Waals surface area contributed by atoms with Gasteiger partial charge in [0.15, 0.2) is 0 Å². The van der Waals surface area contributed by atoms with Crippen LogP contribution in [0.3, 0.4) is 0 Å². The maximum atomic E-state index is 5.94. The van der Waals surface area contributed by atoms with Crippen LogP contribution >= 0.6 is 23.1 Å². The molecule has 2 aromatic carbocycles. The summed E-state index contributed by atoms with van der Waals surface area (Å²) in [6, 6.07) is 11.1. The predicted octanol–water partition coefficient (Wildman–Crippen LogP) is 5.84. The van der Waals surface area contributed by atoms with Gasteiger partial charge >= 0.3 is 0 Å². The highest BCUT2D eigenvalue weighted by molar-refractivity contribution is 8.03. The molecule has 3 heteroatoms. The van der Waals surface area contributed by atoms with E-state index < -0.39 is 0 Å². The van der Waals surface area contributed by atoms with Crippen molar-refractivity contribution in [2.24, 2.45) is 0 Å². The standard InChI is InChI=1S/C19H15NS2/c1-19-7-3-2-4-18(19)22-17-9-13-12-6-5-11(20)8-15(12)21-16(13)10-14(17)19/h2-6,8-10H,7,20H2,1H3. The number of anilines is 1. The van der Waals surface area contributed by atoms with Gasteiger partial charge in [0, 0.05) is 41.1 Å². The number of thiophene rings is 1. The van der Waals surface area contributed by atoms with Crippen molar-refractivity contribution in [1.82, 2.24) is 0 Å². The lowest BCUT2D eigenvalue weighted by atomic mass is 9.77. The van der Waals surface area contributed by atoms with E-state index in [1.807, 2.05) is 29.2 Å². The van der Waals surface area contributed by atoms with Gasteiger partial charge in [-0.2, -0.15) is 0 Å². The molecular weight excluding hydrogens is 306 g/mol. The van der Waals surface area contributed by atoms with E-state index >= 15 is 0 Å². The third-order valence-corrected chi connectivity index (χ3v) is 7.35. The number of benzene rings is 2. The Morgan fingerprint density at radius 2 is 1.95 bits per heavy atom. The predicted molar refractivity (Wildman–Crippen MR) is 98.8 cm³/mol. The largest absolute Gasteiger partial charge is 0.399 e. The Bertz CT molecular complexity index is 1010. The van der Waals surface area contributed by atoms with Gasteiger partial charge in [0.25, 0.3) is 0 Å². The van der Waals surface area contributed by atoms with Gasteiger partial charge in [0.2, 0.25) is 0 Å². The van der Waals surface area contributed by atoms with Crippen molar-refractivity contribution in [1.29, 1.82) is 0 Å². The fourth-order valence-corrected chi connectivity index (χ4v) is 6.13. The molecule has 0 spiro atoms. The minimum absolute atomic E-state index is 0.165. The molecule has 2 aliphatic rings. The van der Waals surface area contributed by atoms with E-state index in [2.05, 4.69) is 49.4 Å². The average Bonchev–Trinajstić information content (AvgIpc) is 2.99. The molecule has 108 valence electrons. The number of hydrogen-bond donors (Lipinski definition) is 1. The van der Waals surface area contributed by atoms with Crippen LogP contribution in [-0.4, -0.2) is 0 Å². The molecule has 2 heterocycles. The van der Waals surface area contributed by atoms with E-state index in [1.165, 1.54) is 35.5 Å². The Labute approximate surface area is 137 Å². The van der Waals surface area contributed by atoms with Crippen LogP contribution in [0.25, 0.3) is 20.2 Å². The van der Waals surface area contributed by atoms with Crippen LogP contribution in [0.2, 0.25) is 0 Å². The van der Waals surface area contributed by atoms with Crippen molar-refractivity contribution in [3.8, 4) is 0 Å². The highest BCUT2D eigenvalue weighted by atomic mass is 32.2. The Balaban J connectivity index is 1.83. The van der Waals surface area contributed by atoms with E-state index in [-0.39, 0.29) is 5.41 Å². The first-order valence-corrected chi connectivity index (χ1v) is 9.10. The van der Waals surface area contributed by atoms with Gasteiger partial charge in [-0.1, -0.05) is 43.0 Å². The summed E-state index contributed by atoms with van der Waals surface area (Å²) in [6.45, 7) is 2.37. The fourth-order valence-electron chi connectivity index (χ4n) is 3.59. The SMILES string of the molecule is CC12CC=CC=C1Sc1cc3c(cc12)sc1cc(N)ccc13. The number of allylic oxidation sites excluding steroid dienone is 4. The average molecular weight is 321 g/mol. The summed E-state index contributed by atoms with van der Waals surface area (Å²) in [7, 11) is 0. The third kappa shape index (κ3) is 1.56. The van der Waals surface area contributed by atoms with Crippen LogP contribution in [0.5, 0.6) is 0 Å². The lowest BCUT2D eigenvalue weighted by molar-refractivity contribution is 0.590. The zero-order chi connectivity index (χ0) is 14.9. The molecule has 0 amide bonds. The van der Waals surface area contributed by atoms with Crippen molar-refractivity contribution in [3.63, 3.8) is 0 Å². The number of nitrogens with two attached hydrogens (primary N) is 1. The van der Waals surface area contributed by atoms with Gasteiger partial charge in [-0.15, -0.1) is 11.3 Å². The summed E-state index contributed by atoms with van der Waals surface area (Å²) in [5, 5.41) is 2.69. The van der Waals surface area contributed by atoms with Gasteiger partial charge in [0.05, 0.1) is 0 Å². The topological polar surface area (TPSA) is 26.0 Å². The maximum absolute atomic E-state index is 5.94. The van der Waals surface area contributed by atoms with Crippen molar-refractivity contribution >= 4 is 49.0 Å². The van der Waals surface area contributed by atoms with E-state index in [1.54, 1.807) is 0 Å². The number of thioether (sulfide) groups is 1. The van der Waals surface area contributed by atoms with Crippen molar-refractivity contribution in [2.75, 3.05) is 5.73 Å². The summed E-state index contributed by atoms with van der Waals surface area (Å²) < 4.78 is 2.66. The summed E-state index contributed by atoms with van der Waals surface area (Å²) in [5.74, 6) is 0. The zero-order valence-electron chi connectivity index (χ0n) is 12.2. The van der Waals surface area contributed by atoms with Gasteiger partial charge in [-0.25, -0.2) is 0 Å². The molecule has 0 bridgehead atoms. The van der Waals surface area contributed by atoms with E-state index in [4.69, 9.17) is 5.73 Å². The van der Waals surface area contributed by atoms with Crippen LogP contribution in [0.15, 0.2) is 58.4 Å². The summed E-state index contributed by atoms with van der Waals surface area (Å²) in [6.07, 6.45) is 7.86. The molecule has 1 nitrogen and oxygen atoms in total. The van der Waals surface area contributed by atoms with E-state index in [9.17, 15) is 0 Å². The van der Waals surface area contributed by atoms with Gasteiger partial charge in [0.1, 0.15) is 0 Å². The molecular formula is C19H15NS2. The maximum Gasteiger partial charge on any atom is 0.0375 e. The van der Waals surface area contributed by atoms with Gasteiger partial charge < -0.3 is 5.73 Å². The van der Waals surface area contributed by atoms with Crippen molar-refractivity contribution in [2.45, 2.75) is 23.7 Å². The fraction of sp³-hybridized carbons (Fsp3) is 0.158. The molecule has 1 aromatic heterocycles. The molecule has 1 unspecified atom stereocenters. The molecule has 1 atom stereocenters. The molecule has 0 fully saturated rings. The second kappa shape index (κ2) is 4.18. The van der Waals surface area contributed by atoms with Gasteiger partial charge in [-0.05, 0) is 36.2 Å². The summed E-state index contributed by atoms with van der Waals surface area (Å²) in [5.41, 5.74) is 8.43. The lowest BCUT2D eigenvalue weighted by Crippen LogP contribution is -2.20. The van der Waals surface area contributed by atoms with Crippen molar-refractivity contribution < 1.29 is 0 Å². The van der Waals surface area contributed by atoms with E-state index in [0.717, 1.165) is 12.1 Å². The Hall–Kier alpha value is -1.71. The number of rotatable bonds is 0. The highest BCUT2D eigenvalue weighted by Crippen LogP contribution is 2.57. The Morgan fingerprint density at radius 3 is 2.86 bits per heavy atom. The Morgan fingerprint density at radius 1 is 1.09 bits per heavy atom. The number of hydrogen-bond acceptors (Lipinski definition) is 3. The monoisotopic (exact) mass is 321 g/mol. The molecule has 22 heavy (non-hydrogen) atoms. The normalized spacial score (nSPS) is 22.9. The Kier molecular flexibility index (Phi) is 2.43. The second-order valence-corrected chi connectivity index (χ2v) is 8.47. The minimum Gasteiger partial charge on any atom is -0.399 e. The van der Waals surface area contributed by atoms with Crippen LogP contribution < -0.4 is 5.73 Å². The van der Waals surface area contributed by atoms with Crippen LogP contribution in [-0.2, 0) is 5.41 Å². The smallest absolute Gasteiger partial charge is 0.0375 e. The molecule has 0 saturated heterocycles. The molecule has 1 aliphatic heterocycles. The molecule has 0 radical (unpaired) electrons. The number of fused-ring (bicyclic) bond motifs is 6. The van der Waals surface area contributed by atoms with E-state index in [0.29, 0.717) is 0 Å². The van der Waals surface area contributed by atoms with Crippen LogP contribution in [0, 0.1) is 0 Å². The lowest BCUT2D eigenvalue weighted by Gasteiger charge is -2.27. The van der Waals surface area contributed by atoms with Crippen LogP contribution in [0.1, 0.15) is 18.9 Å².